The molecule has 18 nitrogen and oxygen atoms in total. The molecule has 12 rings (SSSR count). The fourth-order valence-electron chi connectivity index (χ4n) is 16.7. The molecule has 1 unspecified atom stereocenters. The summed E-state index contributed by atoms with van der Waals surface area (Å²) in [7, 11) is 0. The molecule has 6 saturated heterocycles. The topological polar surface area (TPSA) is 194 Å². The lowest BCUT2D eigenvalue weighted by molar-refractivity contribution is -0.134. The average Bonchev–Trinajstić information content (AvgIpc) is 1.74. The first-order valence-electron chi connectivity index (χ1n) is 41.5. The summed E-state index contributed by atoms with van der Waals surface area (Å²) >= 11 is 36.2. The molecule has 7 fully saturated rings. The molecule has 5 aromatic rings. The summed E-state index contributed by atoms with van der Waals surface area (Å²) in [4.78, 5) is 92.3. The van der Waals surface area contributed by atoms with Crippen LogP contribution in [0.25, 0.3) is 0 Å². The Morgan fingerprint density at radius 1 is 0.425 bits per heavy atom. The monoisotopic (exact) mass is 1670 g/mol. The second kappa shape index (κ2) is 45.3. The van der Waals surface area contributed by atoms with E-state index in [1.165, 1.54) is 68.6 Å². The number of piperidine rings is 3. The molecular weight excluding hydrogens is 1560 g/mol. The Morgan fingerprint density at radius 2 is 0.770 bits per heavy atom. The molecule has 1 saturated carbocycles. The average molecular weight is 1680 g/mol. The summed E-state index contributed by atoms with van der Waals surface area (Å²) < 4.78 is 28.0. The minimum Gasteiger partial charge on any atom is -0.350 e. The lowest BCUT2D eigenvalue weighted by Gasteiger charge is -2.34. The number of nitrogens with one attached hydrogen (secondary N) is 6. The number of likely N-dealkylation sites (tertiary alicyclic amines) is 3. The molecule has 0 bridgehead atoms. The van der Waals surface area contributed by atoms with Gasteiger partial charge in [-0.25, -0.2) is 8.78 Å². The van der Waals surface area contributed by atoms with E-state index in [1.54, 1.807) is 53.4 Å². The van der Waals surface area contributed by atoms with Crippen LogP contribution in [0.1, 0.15) is 197 Å². The third kappa shape index (κ3) is 28.0. The van der Waals surface area contributed by atoms with Crippen LogP contribution in [-0.4, -0.2) is 225 Å². The maximum atomic E-state index is 14.0. The third-order valence-electron chi connectivity index (χ3n) is 23.7. The lowest BCUT2D eigenvalue weighted by Crippen LogP contribution is -2.51. The molecule has 113 heavy (non-hydrogen) atoms. The quantitative estimate of drug-likeness (QED) is 0.0255. The van der Waals surface area contributed by atoms with Gasteiger partial charge in [-0.1, -0.05) is 170 Å². The molecule has 26 heteroatoms. The van der Waals surface area contributed by atoms with Gasteiger partial charge in [-0.2, -0.15) is 0 Å². The van der Waals surface area contributed by atoms with Crippen LogP contribution in [0.5, 0.6) is 0 Å². The Morgan fingerprint density at radius 3 is 1.10 bits per heavy atom. The molecule has 0 aromatic heterocycles. The van der Waals surface area contributed by atoms with Gasteiger partial charge >= 0.3 is 0 Å². The van der Waals surface area contributed by atoms with E-state index in [0.29, 0.717) is 137 Å². The molecular formula is C87H118Cl6F2N12O6. The highest BCUT2D eigenvalue weighted by molar-refractivity contribution is 6.43. The number of carbonyl (C=O) groups excluding carboxylic acids is 6. The van der Waals surface area contributed by atoms with Crippen molar-refractivity contribution in [2.45, 2.75) is 197 Å². The van der Waals surface area contributed by atoms with Gasteiger partial charge in [0.1, 0.15) is 0 Å². The number of carbonyl (C=O) groups is 6. The minimum absolute atomic E-state index is 0.00108. The van der Waals surface area contributed by atoms with E-state index in [2.05, 4.69) is 109 Å². The van der Waals surface area contributed by atoms with Crippen LogP contribution in [0.15, 0.2) is 115 Å². The van der Waals surface area contributed by atoms with Gasteiger partial charge in [0.05, 0.1) is 54.8 Å². The fourth-order valence-corrected chi connectivity index (χ4v) is 17.6. The molecule has 7 aliphatic rings. The number of amides is 6. The normalized spacial score (nSPS) is 22.9. The molecule has 6 amide bonds. The zero-order chi connectivity index (χ0) is 80.4. The summed E-state index contributed by atoms with van der Waals surface area (Å²) in [6.07, 6.45) is 17.8. The van der Waals surface area contributed by atoms with E-state index in [-0.39, 0.29) is 84.5 Å². The number of hydrogen-bond donors (Lipinski definition) is 6. The van der Waals surface area contributed by atoms with Gasteiger partial charge in [-0.3, -0.25) is 33.7 Å². The van der Waals surface area contributed by atoms with Crippen LogP contribution in [0.3, 0.4) is 0 Å². The third-order valence-corrected chi connectivity index (χ3v) is 25.9. The zero-order valence-corrected chi connectivity index (χ0v) is 70.6. The SMILES string of the molecule is CCC(CN1CC[C@@H](CNC(=O)c2ccc(Cl)c(Cl)c2)N[C@@H](CCN2CCCCC2)C1=O)C1CC1.CC[C@H](CN1CC[C@@H](CNC(=O)c2ccc(Cl)c(Cl)c2)N[C@@H](CCN2CCCC(F)(F)C2)C1=O)c1ccccc1.CC[C@H](CN1CC[C@@H](CNC(=O)c2ccc(Cl)c(Cl)c2)N[C@@H](CCN2CCCCC2)C1=O)c1ccccc1. The van der Waals surface area contributed by atoms with E-state index in [1.807, 2.05) is 29.2 Å². The number of alkyl halides is 2. The summed E-state index contributed by atoms with van der Waals surface area (Å²) in [5, 5.41) is 21.9. The molecule has 0 radical (unpaired) electrons. The van der Waals surface area contributed by atoms with Crippen molar-refractivity contribution in [3.05, 3.63) is 173 Å². The Kier molecular flexibility index (Phi) is 35.9. The summed E-state index contributed by atoms with van der Waals surface area (Å²) in [6, 6.07) is 34.0. The Labute approximate surface area is 698 Å². The molecule has 6 heterocycles. The van der Waals surface area contributed by atoms with Gasteiger partial charge in [0.2, 0.25) is 17.7 Å². The smallest absolute Gasteiger partial charge is 0.260 e. The Bertz CT molecular complexity index is 3860. The largest absolute Gasteiger partial charge is 0.350 e. The highest BCUT2D eigenvalue weighted by atomic mass is 35.5. The van der Waals surface area contributed by atoms with Crippen molar-refractivity contribution < 1.29 is 37.5 Å². The lowest BCUT2D eigenvalue weighted by atomic mass is 9.95. The predicted octanol–water partition coefficient (Wildman–Crippen LogP) is 15.5. The molecule has 6 aliphatic heterocycles. The maximum absolute atomic E-state index is 14.0. The van der Waals surface area contributed by atoms with E-state index in [0.717, 1.165) is 103 Å². The second-order valence-corrected chi connectivity index (χ2v) is 34.4. The van der Waals surface area contributed by atoms with Crippen molar-refractivity contribution in [2.75, 3.05) is 118 Å². The molecule has 6 N–H and O–H groups in total. The van der Waals surface area contributed by atoms with Crippen molar-refractivity contribution in [1.29, 1.82) is 0 Å². The van der Waals surface area contributed by atoms with Crippen molar-refractivity contribution in [3.63, 3.8) is 0 Å². The van der Waals surface area contributed by atoms with Crippen LogP contribution in [-0.2, 0) is 14.4 Å². The summed E-state index contributed by atoms with van der Waals surface area (Å²) in [5.74, 6) is -1.07. The number of hydrogen-bond acceptors (Lipinski definition) is 12. The summed E-state index contributed by atoms with van der Waals surface area (Å²) in [6.45, 7) is 19.0. The van der Waals surface area contributed by atoms with E-state index >= 15 is 0 Å². The number of nitrogens with zero attached hydrogens (tertiary/aromatic N) is 6. The van der Waals surface area contributed by atoms with Crippen LogP contribution in [0.4, 0.5) is 8.78 Å². The van der Waals surface area contributed by atoms with Crippen molar-refractivity contribution in [3.8, 4) is 0 Å². The first kappa shape index (κ1) is 89.6. The first-order valence-corrected chi connectivity index (χ1v) is 43.8. The Balaban J connectivity index is 0.000000180. The van der Waals surface area contributed by atoms with E-state index in [4.69, 9.17) is 69.6 Å². The number of halogens is 8. The first-order chi connectivity index (χ1) is 54.5. The highest BCUT2D eigenvalue weighted by Crippen LogP contribution is 2.39. The van der Waals surface area contributed by atoms with E-state index < -0.39 is 12.0 Å². The number of benzene rings is 5. The molecule has 618 valence electrons. The molecule has 5 aromatic carbocycles. The van der Waals surface area contributed by atoms with Crippen LogP contribution < -0.4 is 31.9 Å². The van der Waals surface area contributed by atoms with E-state index in [9.17, 15) is 37.5 Å². The van der Waals surface area contributed by atoms with Gasteiger partial charge < -0.3 is 56.4 Å². The van der Waals surface area contributed by atoms with Crippen molar-refractivity contribution >= 4 is 105 Å². The second-order valence-electron chi connectivity index (χ2n) is 31.9. The van der Waals surface area contributed by atoms with Gasteiger partial charge in [0.25, 0.3) is 23.6 Å². The molecule has 1 aliphatic carbocycles. The predicted molar refractivity (Wildman–Crippen MR) is 453 cm³/mol. The van der Waals surface area contributed by atoms with Gasteiger partial charge in [0, 0.05) is 132 Å². The van der Waals surface area contributed by atoms with Crippen LogP contribution in [0.2, 0.25) is 30.1 Å². The van der Waals surface area contributed by atoms with Gasteiger partial charge in [-0.15, -0.1) is 0 Å². The fraction of sp³-hybridized carbons (Fsp3) is 0.586. The number of rotatable bonds is 30. The maximum Gasteiger partial charge on any atom is 0.260 e. The van der Waals surface area contributed by atoms with Crippen molar-refractivity contribution in [1.82, 2.24) is 61.3 Å². The highest BCUT2D eigenvalue weighted by Gasteiger charge is 2.40. The zero-order valence-electron chi connectivity index (χ0n) is 66.1. The Hall–Kier alpha value is -5.72. The van der Waals surface area contributed by atoms with Gasteiger partial charge in [-0.05, 0) is 207 Å². The minimum atomic E-state index is -2.69. The van der Waals surface area contributed by atoms with Crippen molar-refractivity contribution in [2.24, 2.45) is 11.8 Å². The standard InChI is InChI=1S/C30H38Cl2F2N4O2.C30H40Cl2N4O2.C27H40Cl2N4O2/c1-2-21(22-7-4-3-5-8-22)19-38-16-11-24(18-35-28(39)23-9-10-25(31)26(32)17-23)36-27(29(38)40)12-15-37-14-6-13-30(33,34)20-37;1-2-22(23-9-5-3-6-10-23)21-36-18-13-25(20-33-29(37)24-11-12-26(31)27(32)19-24)34-28(30(36)38)14-17-35-15-7-4-8-16-35;1-2-19(20-6-7-20)18-33-15-10-22(17-30-26(34)21-8-9-23(28)24(29)16-21)31-25(27(33)35)11-14-32-12-4-3-5-13-32/h3-5,7-10,17,21,24,27,36H,2,6,11-16,18-20H2,1H3,(H,35,39);3,5-6,9-12,19,22,25,28,34H,2,4,7-8,13-18,20-21H2,1H3,(H,33,37);8-9,16,19-20,22,25,31H,2-7,10-15,17-18H2,1H3,(H,30,34)/t21-,24+,27+;22-,25+,28+;19?,22-,25-/m110/s1. The summed E-state index contributed by atoms with van der Waals surface area (Å²) in [5.41, 5.74) is 3.82. The van der Waals surface area contributed by atoms with Crippen LogP contribution >= 0.6 is 69.6 Å². The molecule has 0 spiro atoms. The molecule has 9 atom stereocenters. The van der Waals surface area contributed by atoms with Crippen LogP contribution in [0, 0.1) is 11.8 Å². The van der Waals surface area contributed by atoms with Gasteiger partial charge in [0.15, 0.2) is 0 Å².